The van der Waals surface area contributed by atoms with Gasteiger partial charge in [0.05, 0.1) is 59.4 Å². The van der Waals surface area contributed by atoms with E-state index in [1.165, 1.54) is 19.1 Å². The summed E-state index contributed by atoms with van der Waals surface area (Å²) in [5.74, 6) is -2.50. The molecule has 0 bridgehead atoms. The van der Waals surface area contributed by atoms with Crippen molar-refractivity contribution in [2.45, 2.75) is 32.4 Å². The predicted octanol–water partition coefficient (Wildman–Crippen LogP) is -0.668. The van der Waals surface area contributed by atoms with Crippen LogP contribution in [0.1, 0.15) is 25.3 Å². The monoisotopic (exact) mass is 678 g/mol. The van der Waals surface area contributed by atoms with Gasteiger partial charge in [-0.3, -0.25) is 33.7 Å². The predicted molar refractivity (Wildman–Crippen MR) is 168 cm³/mol. The molecule has 4 N–H and O–H groups in total. The first kappa shape index (κ1) is 39.4. The van der Waals surface area contributed by atoms with E-state index < -0.39 is 29.7 Å². The molecule has 0 aromatic heterocycles. The van der Waals surface area contributed by atoms with Gasteiger partial charge in [0.15, 0.2) is 5.34 Å². The van der Waals surface area contributed by atoms with E-state index in [0.717, 1.165) is 4.90 Å². The molecule has 1 aromatic rings. The summed E-state index contributed by atoms with van der Waals surface area (Å²) in [6.07, 6.45) is 2.40. The van der Waals surface area contributed by atoms with Crippen LogP contribution in [-0.4, -0.2) is 119 Å². The van der Waals surface area contributed by atoms with Gasteiger partial charge < -0.3 is 45.1 Å². The fraction of sp³-hybridized carbons (Fsp3) is 0.533. The third-order valence-corrected chi connectivity index (χ3v) is 6.34. The summed E-state index contributed by atoms with van der Waals surface area (Å²) < 4.78 is 21.5. The fourth-order valence-electron chi connectivity index (χ4n) is 3.83. The second-order valence-corrected chi connectivity index (χ2v) is 10.1. The highest BCUT2D eigenvalue weighted by atomic mass is 16.7. The Balaban J connectivity index is 1.35. The average molecular weight is 679 g/mol. The van der Waals surface area contributed by atoms with Crippen LogP contribution in [-0.2, 0) is 59.2 Å². The smallest absolute Gasteiger partial charge is 0.253 e. The fourth-order valence-corrected chi connectivity index (χ4v) is 3.83. The van der Waals surface area contributed by atoms with Crippen molar-refractivity contribution >= 4 is 41.1 Å². The molecule has 1 aliphatic rings. The van der Waals surface area contributed by atoms with E-state index in [9.17, 15) is 33.7 Å². The van der Waals surface area contributed by atoms with Crippen LogP contribution < -0.4 is 21.3 Å². The van der Waals surface area contributed by atoms with E-state index in [-0.39, 0.29) is 70.7 Å². The zero-order valence-corrected chi connectivity index (χ0v) is 26.7. The molecule has 6 amide bonds. The Morgan fingerprint density at radius 2 is 1.33 bits per heavy atom. The molecule has 1 atom stereocenters. The SMILES string of the molecule is CC(NC(=O)CCOCCOCCOCCOCCNC(=O)CCN1C(=O)C=CC1=O)C(=O)NCC(=O)Nc1ccc(CON=O)cc1. The highest BCUT2D eigenvalue weighted by Crippen LogP contribution is 2.10. The second-order valence-electron chi connectivity index (χ2n) is 10.1. The van der Waals surface area contributed by atoms with Crippen molar-refractivity contribution in [3.63, 3.8) is 0 Å². The normalized spacial score (nSPS) is 12.8. The highest BCUT2D eigenvalue weighted by molar-refractivity contribution is 6.13. The largest absolute Gasteiger partial charge is 0.379 e. The molecule has 0 saturated heterocycles. The van der Waals surface area contributed by atoms with E-state index in [0.29, 0.717) is 44.3 Å². The number of carbonyl (C=O) groups is 6. The van der Waals surface area contributed by atoms with Crippen molar-refractivity contribution in [3.8, 4) is 0 Å². The lowest BCUT2D eigenvalue weighted by Crippen LogP contribution is -2.46. The van der Waals surface area contributed by atoms with Crippen LogP contribution in [0.4, 0.5) is 5.69 Å². The number of nitrogens with zero attached hydrogens (tertiary/aromatic N) is 2. The zero-order valence-electron chi connectivity index (χ0n) is 26.7. The maximum atomic E-state index is 12.2. The summed E-state index contributed by atoms with van der Waals surface area (Å²) in [7, 11) is 0. The van der Waals surface area contributed by atoms with Gasteiger partial charge in [-0.05, 0) is 24.6 Å². The first-order valence-corrected chi connectivity index (χ1v) is 15.2. The molecule has 0 spiro atoms. The second kappa shape index (κ2) is 23.5. The number of carbonyl (C=O) groups excluding carboxylic acids is 6. The lowest BCUT2D eigenvalue weighted by atomic mass is 10.2. The summed E-state index contributed by atoms with van der Waals surface area (Å²) in [4.78, 5) is 86.5. The maximum Gasteiger partial charge on any atom is 0.253 e. The Morgan fingerprint density at radius 1 is 0.750 bits per heavy atom. The number of benzene rings is 1. The third kappa shape index (κ3) is 17.2. The molecule has 1 aromatic carbocycles. The Hall–Kier alpha value is -4.78. The number of anilines is 1. The summed E-state index contributed by atoms with van der Waals surface area (Å²) in [5, 5.41) is 12.6. The van der Waals surface area contributed by atoms with E-state index >= 15 is 0 Å². The topological polar surface area (TPSA) is 229 Å². The van der Waals surface area contributed by atoms with Gasteiger partial charge in [-0.1, -0.05) is 12.1 Å². The minimum absolute atomic E-state index is 0.0135. The summed E-state index contributed by atoms with van der Waals surface area (Å²) in [6, 6.07) is 5.66. The molecular formula is C30H42N6O12. The molecule has 0 aliphatic carbocycles. The van der Waals surface area contributed by atoms with Crippen molar-refractivity contribution in [2.75, 3.05) is 77.8 Å². The number of hydrogen-bond donors (Lipinski definition) is 4. The molecule has 0 saturated carbocycles. The first-order valence-electron chi connectivity index (χ1n) is 15.2. The molecule has 18 nitrogen and oxygen atoms in total. The van der Waals surface area contributed by atoms with Gasteiger partial charge in [-0.15, -0.1) is 4.91 Å². The van der Waals surface area contributed by atoms with Crippen LogP contribution >= 0.6 is 0 Å². The van der Waals surface area contributed by atoms with Crippen molar-refractivity contribution in [1.29, 1.82) is 0 Å². The van der Waals surface area contributed by atoms with Crippen molar-refractivity contribution in [2.24, 2.45) is 5.34 Å². The Bertz CT molecular complexity index is 1230. The maximum absolute atomic E-state index is 12.2. The summed E-state index contributed by atoms with van der Waals surface area (Å²) in [6.45, 7) is 3.87. The Morgan fingerprint density at radius 3 is 1.94 bits per heavy atom. The molecule has 2 rings (SSSR count). The zero-order chi connectivity index (χ0) is 35.0. The number of amides is 6. The molecule has 48 heavy (non-hydrogen) atoms. The summed E-state index contributed by atoms with van der Waals surface area (Å²) in [5.41, 5.74) is 1.18. The van der Waals surface area contributed by atoms with Gasteiger partial charge in [-0.25, -0.2) is 0 Å². The number of rotatable bonds is 26. The quantitative estimate of drug-likeness (QED) is 0.0414. The van der Waals surface area contributed by atoms with Gasteiger partial charge in [0.1, 0.15) is 12.6 Å². The minimum Gasteiger partial charge on any atom is -0.379 e. The standard InChI is InChI=1S/C30H42N6O12/c1-22(30(42)32-20-27(39)34-24-4-2-23(3-5-24)21-48-35-43)33-26(38)9-12-44-14-16-46-18-19-47-17-15-45-13-10-31-25(37)8-11-36-28(40)6-7-29(36)41/h2-7,22H,8-21H2,1H3,(H,31,37)(H,32,42)(H,33,38)(H,34,39). The molecule has 1 aliphatic heterocycles. The molecule has 264 valence electrons. The number of nitrogens with one attached hydrogen (secondary N) is 4. The van der Waals surface area contributed by atoms with E-state index in [1.807, 2.05) is 0 Å². The molecule has 1 heterocycles. The van der Waals surface area contributed by atoms with Crippen LogP contribution in [0.3, 0.4) is 0 Å². The average Bonchev–Trinajstić information content (AvgIpc) is 3.39. The lowest BCUT2D eigenvalue weighted by Gasteiger charge is -2.14. The van der Waals surface area contributed by atoms with Crippen molar-refractivity contribution in [3.05, 3.63) is 46.9 Å². The minimum atomic E-state index is -0.860. The van der Waals surface area contributed by atoms with Crippen LogP contribution in [0.2, 0.25) is 0 Å². The van der Waals surface area contributed by atoms with E-state index in [1.54, 1.807) is 24.3 Å². The molecular weight excluding hydrogens is 636 g/mol. The van der Waals surface area contributed by atoms with Gasteiger partial charge in [0, 0.05) is 43.8 Å². The van der Waals surface area contributed by atoms with Gasteiger partial charge in [0.2, 0.25) is 23.6 Å². The van der Waals surface area contributed by atoms with Gasteiger partial charge in [0.25, 0.3) is 11.8 Å². The molecule has 1 unspecified atom stereocenters. The van der Waals surface area contributed by atoms with Crippen LogP contribution in [0.25, 0.3) is 0 Å². The van der Waals surface area contributed by atoms with Crippen LogP contribution in [0.5, 0.6) is 0 Å². The Kier molecular flexibility index (Phi) is 19.3. The molecule has 0 radical (unpaired) electrons. The highest BCUT2D eigenvalue weighted by Gasteiger charge is 2.23. The lowest BCUT2D eigenvalue weighted by molar-refractivity contribution is -0.137. The van der Waals surface area contributed by atoms with Gasteiger partial charge >= 0.3 is 0 Å². The third-order valence-electron chi connectivity index (χ3n) is 6.34. The van der Waals surface area contributed by atoms with Crippen LogP contribution in [0.15, 0.2) is 41.8 Å². The molecule has 18 heteroatoms. The van der Waals surface area contributed by atoms with E-state index in [4.69, 9.17) is 18.9 Å². The molecule has 0 fully saturated rings. The first-order chi connectivity index (χ1) is 23.2. The summed E-state index contributed by atoms with van der Waals surface area (Å²) >= 11 is 0. The van der Waals surface area contributed by atoms with Crippen LogP contribution in [0, 0.1) is 4.91 Å². The Labute approximate surface area is 277 Å². The number of imide groups is 1. The number of hydrogen-bond acceptors (Lipinski definition) is 13. The van der Waals surface area contributed by atoms with Crippen molar-refractivity contribution < 1.29 is 52.6 Å². The van der Waals surface area contributed by atoms with Gasteiger partial charge in [-0.2, -0.15) is 0 Å². The van der Waals surface area contributed by atoms with Crippen molar-refractivity contribution in [1.82, 2.24) is 20.9 Å². The van der Waals surface area contributed by atoms with E-state index in [2.05, 4.69) is 31.4 Å². The number of ether oxygens (including phenoxy) is 4.